The highest BCUT2D eigenvalue weighted by molar-refractivity contribution is 6.12. The normalized spacial score (nSPS) is 12.5. The van der Waals surface area contributed by atoms with Crippen molar-refractivity contribution in [2.24, 2.45) is 7.05 Å². The second-order valence-electron chi connectivity index (χ2n) is 6.97. The molecule has 26 heavy (non-hydrogen) atoms. The van der Waals surface area contributed by atoms with Gasteiger partial charge in [-0.15, -0.1) is 0 Å². The third-order valence-electron chi connectivity index (χ3n) is 5.55. The van der Waals surface area contributed by atoms with E-state index >= 15 is 0 Å². The molecule has 0 amide bonds. The number of aryl methyl sites for hydroxylation is 2. The fraction of sp³-hybridized carbons (Fsp3) is 0.0870. The number of rotatable bonds is 0. The summed E-state index contributed by atoms with van der Waals surface area (Å²) in [5.74, 6) is 1.68. The summed E-state index contributed by atoms with van der Waals surface area (Å²) >= 11 is 0. The van der Waals surface area contributed by atoms with E-state index in [2.05, 4.69) is 61.0 Å². The molecule has 5 aromatic rings. The highest BCUT2D eigenvalue weighted by Crippen LogP contribution is 2.49. The number of benzene rings is 3. The van der Waals surface area contributed by atoms with Crippen molar-refractivity contribution >= 4 is 32.5 Å². The van der Waals surface area contributed by atoms with E-state index in [1.807, 2.05) is 12.3 Å². The Labute approximate surface area is 150 Å². The first-order valence-electron chi connectivity index (χ1n) is 8.75. The molecule has 0 bridgehead atoms. The lowest BCUT2D eigenvalue weighted by molar-refractivity contribution is -0.659. The van der Waals surface area contributed by atoms with Gasteiger partial charge in [-0.25, -0.2) is 0 Å². The first kappa shape index (κ1) is 13.9. The molecule has 2 aromatic heterocycles. The Morgan fingerprint density at radius 3 is 2.69 bits per heavy atom. The predicted molar refractivity (Wildman–Crippen MR) is 103 cm³/mol. The zero-order chi connectivity index (χ0) is 17.4. The Kier molecular flexibility index (Phi) is 2.48. The highest BCUT2D eigenvalue weighted by Gasteiger charge is 2.32. The average Bonchev–Trinajstić information content (AvgIpc) is 3.07. The summed E-state index contributed by atoms with van der Waals surface area (Å²) in [5, 5.41) is 6.02. The molecule has 1 aliphatic rings. The van der Waals surface area contributed by atoms with Gasteiger partial charge in [0.15, 0.2) is 17.5 Å². The number of aromatic nitrogens is 1. The monoisotopic (exact) mass is 338 g/mol. The molecule has 0 saturated heterocycles. The zero-order valence-corrected chi connectivity index (χ0v) is 14.5. The number of furan rings is 1. The molecule has 0 saturated carbocycles. The van der Waals surface area contributed by atoms with Gasteiger partial charge in [-0.1, -0.05) is 36.4 Å². The largest absolute Gasteiger partial charge is 0.460 e. The maximum absolute atomic E-state index is 6.28. The van der Waals surface area contributed by atoms with Gasteiger partial charge in [0.1, 0.15) is 24.4 Å². The number of fused-ring (bicyclic) bond motifs is 5. The van der Waals surface area contributed by atoms with Crippen LogP contribution in [0.1, 0.15) is 5.56 Å². The SMILES string of the molecule is Cc1c2c(cc3c1ccc1ccccc13)Oc1coc3cc[n+](C)c-2c13. The summed E-state index contributed by atoms with van der Waals surface area (Å²) < 4.78 is 14.1. The molecule has 3 heteroatoms. The van der Waals surface area contributed by atoms with Gasteiger partial charge in [0.25, 0.3) is 0 Å². The molecule has 0 radical (unpaired) electrons. The third kappa shape index (κ3) is 1.60. The molecule has 3 nitrogen and oxygen atoms in total. The fourth-order valence-electron chi connectivity index (χ4n) is 4.31. The standard InChI is InChI=1S/C23H16NO2/c1-13-15-8-7-14-5-3-4-6-16(14)17(15)11-19-21(13)23-22-18(9-10-24(23)2)25-12-20(22)26-19/h3-12H,1-2H3/q+1. The van der Waals surface area contributed by atoms with Gasteiger partial charge in [-0.2, -0.15) is 4.57 Å². The van der Waals surface area contributed by atoms with Crippen LogP contribution in [-0.2, 0) is 7.05 Å². The quantitative estimate of drug-likeness (QED) is 0.264. The van der Waals surface area contributed by atoms with Crippen molar-refractivity contribution in [1.82, 2.24) is 0 Å². The van der Waals surface area contributed by atoms with Crippen molar-refractivity contribution in [3.05, 3.63) is 66.6 Å². The molecule has 6 rings (SSSR count). The summed E-state index contributed by atoms with van der Waals surface area (Å²) in [4.78, 5) is 0. The minimum atomic E-state index is 0.790. The van der Waals surface area contributed by atoms with Crippen LogP contribution in [0, 0.1) is 6.92 Å². The number of hydrogen-bond donors (Lipinski definition) is 0. The molecule has 0 spiro atoms. The second kappa shape index (κ2) is 4.64. The van der Waals surface area contributed by atoms with Crippen LogP contribution in [0.15, 0.2) is 65.4 Å². The number of ether oxygens (including phenoxy) is 1. The summed E-state index contributed by atoms with van der Waals surface area (Å²) in [5.41, 5.74) is 4.39. The minimum absolute atomic E-state index is 0.790. The first-order valence-corrected chi connectivity index (χ1v) is 8.75. The molecular weight excluding hydrogens is 322 g/mol. The smallest absolute Gasteiger partial charge is 0.231 e. The van der Waals surface area contributed by atoms with Crippen molar-refractivity contribution in [3.63, 3.8) is 0 Å². The van der Waals surface area contributed by atoms with Gasteiger partial charge in [-0.3, -0.25) is 0 Å². The lowest BCUT2D eigenvalue weighted by atomic mass is 9.91. The van der Waals surface area contributed by atoms with Crippen molar-refractivity contribution in [3.8, 4) is 22.8 Å². The maximum atomic E-state index is 6.28. The zero-order valence-electron chi connectivity index (χ0n) is 14.5. The number of pyridine rings is 1. The van der Waals surface area contributed by atoms with Crippen molar-refractivity contribution in [1.29, 1.82) is 0 Å². The average molecular weight is 338 g/mol. The Morgan fingerprint density at radius 2 is 1.77 bits per heavy atom. The van der Waals surface area contributed by atoms with E-state index in [4.69, 9.17) is 9.15 Å². The molecule has 124 valence electrons. The van der Waals surface area contributed by atoms with Crippen LogP contribution in [0.2, 0.25) is 0 Å². The van der Waals surface area contributed by atoms with Crippen molar-refractivity contribution in [2.45, 2.75) is 6.92 Å². The fourth-order valence-corrected chi connectivity index (χ4v) is 4.31. The van der Waals surface area contributed by atoms with E-state index in [0.717, 1.165) is 33.7 Å². The highest BCUT2D eigenvalue weighted by atomic mass is 16.5. The van der Waals surface area contributed by atoms with E-state index in [1.165, 1.54) is 27.1 Å². The van der Waals surface area contributed by atoms with E-state index in [0.29, 0.717) is 0 Å². The van der Waals surface area contributed by atoms with Crippen LogP contribution < -0.4 is 9.30 Å². The molecule has 0 N–H and O–H groups in total. The molecule has 0 fully saturated rings. The first-order chi connectivity index (χ1) is 12.7. The van der Waals surface area contributed by atoms with Crippen LogP contribution >= 0.6 is 0 Å². The topological polar surface area (TPSA) is 26.2 Å². The lowest BCUT2D eigenvalue weighted by Gasteiger charge is -2.19. The minimum Gasteiger partial charge on any atom is -0.460 e. The Morgan fingerprint density at radius 1 is 0.885 bits per heavy atom. The Hall–Kier alpha value is -3.33. The number of nitrogens with zero attached hydrogens (tertiary/aromatic N) is 1. The lowest BCUT2D eigenvalue weighted by Crippen LogP contribution is -2.31. The maximum Gasteiger partial charge on any atom is 0.231 e. The van der Waals surface area contributed by atoms with Crippen LogP contribution in [0.3, 0.4) is 0 Å². The van der Waals surface area contributed by atoms with Gasteiger partial charge >= 0.3 is 0 Å². The van der Waals surface area contributed by atoms with Crippen LogP contribution in [0.25, 0.3) is 43.8 Å². The van der Waals surface area contributed by atoms with Crippen molar-refractivity contribution in [2.75, 3.05) is 0 Å². The van der Waals surface area contributed by atoms with Gasteiger partial charge < -0.3 is 9.15 Å². The molecule has 0 aliphatic carbocycles. The molecule has 3 heterocycles. The Bertz CT molecular complexity index is 1380. The summed E-state index contributed by atoms with van der Waals surface area (Å²) in [6, 6.07) is 17.1. The van der Waals surface area contributed by atoms with Gasteiger partial charge in [-0.05, 0) is 40.1 Å². The summed E-state index contributed by atoms with van der Waals surface area (Å²) in [6.45, 7) is 2.18. The molecule has 0 atom stereocenters. The van der Waals surface area contributed by atoms with Crippen LogP contribution in [0.4, 0.5) is 0 Å². The second-order valence-corrected chi connectivity index (χ2v) is 6.97. The third-order valence-corrected chi connectivity index (χ3v) is 5.55. The molecule has 1 aliphatic heterocycles. The summed E-state index contributed by atoms with van der Waals surface area (Å²) in [7, 11) is 2.07. The molecule has 0 unspecified atom stereocenters. The summed E-state index contributed by atoms with van der Waals surface area (Å²) in [6.07, 6.45) is 3.75. The van der Waals surface area contributed by atoms with Crippen molar-refractivity contribution < 1.29 is 13.7 Å². The Balaban J connectivity index is 1.82. The van der Waals surface area contributed by atoms with Gasteiger partial charge in [0, 0.05) is 6.07 Å². The van der Waals surface area contributed by atoms with E-state index < -0.39 is 0 Å². The molecular formula is C23H16NO2+. The van der Waals surface area contributed by atoms with Gasteiger partial charge in [0.05, 0.1) is 5.56 Å². The predicted octanol–water partition coefficient (Wildman–Crippen LogP) is 5.64. The molecule has 3 aromatic carbocycles. The number of hydrogen-bond acceptors (Lipinski definition) is 2. The van der Waals surface area contributed by atoms with Crippen LogP contribution in [-0.4, -0.2) is 0 Å². The van der Waals surface area contributed by atoms with E-state index in [-0.39, 0.29) is 0 Å². The van der Waals surface area contributed by atoms with E-state index in [9.17, 15) is 0 Å². The van der Waals surface area contributed by atoms with Crippen LogP contribution in [0.5, 0.6) is 11.5 Å². The van der Waals surface area contributed by atoms with E-state index in [1.54, 1.807) is 6.26 Å². The van der Waals surface area contributed by atoms with Gasteiger partial charge in [0.2, 0.25) is 5.69 Å².